The first-order valence-electron chi connectivity index (χ1n) is 9.97. The molecular weight excluding hydrogens is 384 g/mol. The summed E-state index contributed by atoms with van der Waals surface area (Å²) in [5.74, 6) is 1.79. The first kappa shape index (κ1) is 21.5. The monoisotopic (exact) mass is 412 g/mol. The van der Waals surface area contributed by atoms with Crippen LogP contribution in [0.4, 0.5) is 0 Å². The summed E-state index contributed by atoms with van der Waals surface area (Å²) in [6.07, 6.45) is 1.76. The summed E-state index contributed by atoms with van der Waals surface area (Å²) in [6, 6.07) is 12.7. The van der Waals surface area contributed by atoms with E-state index in [2.05, 4.69) is 5.32 Å². The lowest BCUT2D eigenvalue weighted by Crippen LogP contribution is -2.46. The maximum Gasteiger partial charge on any atom is 0.253 e. The quantitative estimate of drug-likeness (QED) is 0.757. The van der Waals surface area contributed by atoms with Gasteiger partial charge >= 0.3 is 0 Å². The van der Waals surface area contributed by atoms with Gasteiger partial charge in [0.1, 0.15) is 5.75 Å². The minimum Gasteiger partial charge on any atom is -0.497 e. The summed E-state index contributed by atoms with van der Waals surface area (Å²) < 4.78 is 15.7. The summed E-state index contributed by atoms with van der Waals surface area (Å²) in [6.45, 7) is 1.19. The van der Waals surface area contributed by atoms with E-state index in [-0.39, 0.29) is 17.9 Å². The third-order valence-electron chi connectivity index (χ3n) is 5.28. The van der Waals surface area contributed by atoms with E-state index in [0.29, 0.717) is 36.6 Å². The highest BCUT2D eigenvalue weighted by Crippen LogP contribution is 2.28. The first-order chi connectivity index (χ1) is 14.5. The van der Waals surface area contributed by atoms with Crippen molar-refractivity contribution in [1.82, 2.24) is 10.2 Å². The highest BCUT2D eigenvalue weighted by Gasteiger charge is 2.25. The number of carbonyl (C=O) groups excluding carboxylic acids is 2. The molecular formula is C23H28N2O5. The van der Waals surface area contributed by atoms with E-state index in [9.17, 15) is 9.59 Å². The Balaban J connectivity index is 1.51. The number of benzene rings is 2. The molecule has 2 aromatic rings. The van der Waals surface area contributed by atoms with Gasteiger partial charge in [0.15, 0.2) is 11.5 Å². The van der Waals surface area contributed by atoms with Crippen LogP contribution in [0.25, 0.3) is 0 Å². The zero-order valence-electron chi connectivity index (χ0n) is 17.6. The molecule has 0 spiro atoms. The van der Waals surface area contributed by atoms with Crippen molar-refractivity contribution in [3.05, 3.63) is 53.6 Å². The van der Waals surface area contributed by atoms with Crippen molar-refractivity contribution < 1.29 is 23.8 Å². The topological polar surface area (TPSA) is 77.1 Å². The highest BCUT2D eigenvalue weighted by atomic mass is 16.5. The van der Waals surface area contributed by atoms with Crippen LogP contribution in [-0.4, -0.2) is 57.2 Å². The lowest BCUT2D eigenvalue weighted by molar-refractivity contribution is -0.121. The predicted molar refractivity (Wildman–Crippen MR) is 113 cm³/mol. The van der Waals surface area contributed by atoms with Gasteiger partial charge in [-0.1, -0.05) is 12.1 Å². The smallest absolute Gasteiger partial charge is 0.253 e. The van der Waals surface area contributed by atoms with Crippen molar-refractivity contribution in [3.63, 3.8) is 0 Å². The largest absolute Gasteiger partial charge is 0.497 e. The Labute approximate surface area is 176 Å². The van der Waals surface area contributed by atoms with E-state index in [1.807, 2.05) is 29.2 Å². The molecule has 7 heteroatoms. The van der Waals surface area contributed by atoms with E-state index in [4.69, 9.17) is 14.2 Å². The van der Waals surface area contributed by atoms with Crippen LogP contribution in [0.15, 0.2) is 42.5 Å². The van der Waals surface area contributed by atoms with Crippen LogP contribution in [-0.2, 0) is 11.2 Å². The molecule has 0 bridgehead atoms. The van der Waals surface area contributed by atoms with E-state index in [0.717, 1.165) is 24.2 Å². The molecule has 2 amide bonds. The molecule has 0 saturated carbocycles. The van der Waals surface area contributed by atoms with Crippen molar-refractivity contribution in [2.75, 3.05) is 34.4 Å². The van der Waals surface area contributed by atoms with Gasteiger partial charge in [-0.15, -0.1) is 0 Å². The second kappa shape index (κ2) is 10.0. The van der Waals surface area contributed by atoms with Crippen LogP contribution >= 0.6 is 0 Å². The molecule has 7 nitrogen and oxygen atoms in total. The molecule has 1 aliphatic rings. The maximum absolute atomic E-state index is 12.8. The Kier molecular flexibility index (Phi) is 7.17. The number of carbonyl (C=O) groups is 2. The molecule has 1 fully saturated rings. The zero-order chi connectivity index (χ0) is 21.5. The highest BCUT2D eigenvalue weighted by molar-refractivity contribution is 5.95. The number of rotatable bonds is 7. The maximum atomic E-state index is 12.8. The summed E-state index contributed by atoms with van der Waals surface area (Å²) >= 11 is 0. The van der Waals surface area contributed by atoms with Crippen molar-refractivity contribution >= 4 is 11.8 Å². The van der Waals surface area contributed by atoms with Crippen LogP contribution in [0.5, 0.6) is 17.2 Å². The van der Waals surface area contributed by atoms with Gasteiger partial charge in [-0.05, 0) is 48.7 Å². The van der Waals surface area contributed by atoms with Crippen LogP contribution in [0.3, 0.4) is 0 Å². The summed E-state index contributed by atoms with van der Waals surface area (Å²) in [7, 11) is 4.72. The minimum absolute atomic E-state index is 0.0204. The van der Waals surface area contributed by atoms with Crippen molar-refractivity contribution in [3.8, 4) is 17.2 Å². The number of nitrogens with one attached hydrogen (secondary N) is 1. The Hall–Kier alpha value is -3.22. The molecule has 1 N–H and O–H groups in total. The molecule has 0 radical (unpaired) electrons. The molecule has 2 aromatic carbocycles. The Bertz CT molecular complexity index is 891. The second-order valence-corrected chi connectivity index (χ2v) is 7.23. The molecule has 160 valence electrons. The van der Waals surface area contributed by atoms with Gasteiger partial charge in [0.25, 0.3) is 5.91 Å². The molecule has 1 heterocycles. The molecule has 0 aliphatic carbocycles. The molecule has 1 saturated heterocycles. The molecule has 3 rings (SSSR count). The van der Waals surface area contributed by atoms with Crippen molar-refractivity contribution in [1.29, 1.82) is 0 Å². The SMILES string of the molecule is COc1cccc(CC(=O)NC2CCN(C(=O)c3ccc(OC)c(OC)c3)CC2)c1. The molecule has 0 unspecified atom stereocenters. The lowest BCUT2D eigenvalue weighted by Gasteiger charge is -2.32. The number of ether oxygens (including phenoxy) is 3. The fourth-order valence-electron chi connectivity index (χ4n) is 3.63. The Morgan fingerprint density at radius 2 is 1.70 bits per heavy atom. The Morgan fingerprint density at radius 3 is 2.37 bits per heavy atom. The Morgan fingerprint density at radius 1 is 0.967 bits per heavy atom. The van der Waals surface area contributed by atoms with Crippen molar-refractivity contribution in [2.24, 2.45) is 0 Å². The van der Waals surface area contributed by atoms with E-state index in [1.165, 1.54) is 0 Å². The number of nitrogens with zero attached hydrogens (tertiary/aromatic N) is 1. The van der Waals surface area contributed by atoms with E-state index < -0.39 is 0 Å². The number of methoxy groups -OCH3 is 3. The standard InChI is InChI=1S/C23H28N2O5/c1-28-19-6-4-5-16(13-19)14-22(26)24-18-9-11-25(12-10-18)23(27)17-7-8-20(29-2)21(15-17)30-3/h4-8,13,15,18H,9-12,14H2,1-3H3,(H,24,26). The number of hydrogen-bond donors (Lipinski definition) is 1. The van der Waals surface area contributed by atoms with Crippen LogP contribution in [0, 0.1) is 0 Å². The summed E-state index contributed by atoms with van der Waals surface area (Å²) in [5, 5.41) is 3.08. The fourth-order valence-corrected chi connectivity index (χ4v) is 3.63. The lowest BCUT2D eigenvalue weighted by atomic mass is 10.0. The second-order valence-electron chi connectivity index (χ2n) is 7.23. The van der Waals surface area contributed by atoms with Crippen LogP contribution < -0.4 is 19.5 Å². The normalized spacial score (nSPS) is 14.2. The van der Waals surface area contributed by atoms with Gasteiger partial charge in [0.2, 0.25) is 5.91 Å². The number of likely N-dealkylation sites (tertiary alicyclic amines) is 1. The predicted octanol–water partition coefficient (Wildman–Crippen LogP) is 2.68. The third kappa shape index (κ3) is 5.23. The van der Waals surface area contributed by atoms with Gasteiger partial charge in [0.05, 0.1) is 27.8 Å². The van der Waals surface area contributed by atoms with Crippen LogP contribution in [0.1, 0.15) is 28.8 Å². The number of piperidine rings is 1. The first-order valence-corrected chi connectivity index (χ1v) is 9.97. The van der Waals surface area contributed by atoms with E-state index in [1.54, 1.807) is 39.5 Å². The average molecular weight is 412 g/mol. The molecule has 1 aliphatic heterocycles. The number of hydrogen-bond acceptors (Lipinski definition) is 5. The van der Waals surface area contributed by atoms with Gasteiger partial charge < -0.3 is 24.4 Å². The molecule has 30 heavy (non-hydrogen) atoms. The fraction of sp³-hybridized carbons (Fsp3) is 0.391. The zero-order valence-corrected chi connectivity index (χ0v) is 17.6. The van der Waals surface area contributed by atoms with Crippen molar-refractivity contribution in [2.45, 2.75) is 25.3 Å². The summed E-state index contributed by atoms with van der Waals surface area (Å²) in [4.78, 5) is 27.0. The summed E-state index contributed by atoms with van der Waals surface area (Å²) in [5.41, 5.74) is 1.47. The minimum atomic E-state index is -0.0443. The van der Waals surface area contributed by atoms with Gasteiger partial charge in [-0.3, -0.25) is 9.59 Å². The number of amides is 2. The molecule has 0 atom stereocenters. The van der Waals surface area contributed by atoms with Gasteiger partial charge in [-0.2, -0.15) is 0 Å². The average Bonchev–Trinajstić information content (AvgIpc) is 2.78. The van der Waals surface area contributed by atoms with Gasteiger partial charge in [0, 0.05) is 24.7 Å². The van der Waals surface area contributed by atoms with Crippen LogP contribution in [0.2, 0.25) is 0 Å². The molecule has 0 aromatic heterocycles. The van der Waals surface area contributed by atoms with Gasteiger partial charge in [-0.25, -0.2) is 0 Å². The third-order valence-corrected chi connectivity index (χ3v) is 5.28. The van der Waals surface area contributed by atoms with E-state index >= 15 is 0 Å².